The summed E-state index contributed by atoms with van der Waals surface area (Å²) in [5.74, 6) is -0.472. The van der Waals surface area contributed by atoms with Crippen LogP contribution in [0.1, 0.15) is 48.5 Å². The van der Waals surface area contributed by atoms with E-state index in [1.54, 1.807) is 10.6 Å². The molecule has 9 heteroatoms. The van der Waals surface area contributed by atoms with Gasteiger partial charge in [-0.05, 0) is 56.9 Å². The van der Waals surface area contributed by atoms with Gasteiger partial charge in [0, 0.05) is 32.8 Å². The van der Waals surface area contributed by atoms with Gasteiger partial charge in [0.2, 0.25) is 0 Å². The number of pyridine rings is 1. The smallest absolute Gasteiger partial charge is 0.124 e. The first-order valence-electron chi connectivity index (χ1n) is 11.0. The molecule has 0 spiro atoms. The molecule has 0 unspecified atom stereocenters. The molecule has 0 amide bonds. The summed E-state index contributed by atoms with van der Waals surface area (Å²) in [6.07, 6.45) is 8.31. The van der Waals surface area contributed by atoms with Crippen molar-refractivity contribution in [2.75, 3.05) is 0 Å². The Hall–Kier alpha value is -3.66. The van der Waals surface area contributed by atoms with Crippen LogP contribution in [0.4, 0.5) is 4.39 Å². The summed E-state index contributed by atoms with van der Waals surface area (Å²) >= 11 is 1.30. The van der Waals surface area contributed by atoms with Crippen LogP contribution in [0.25, 0.3) is 16.6 Å². The highest BCUT2D eigenvalue weighted by molar-refractivity contribution is 7.99. The van der Waals surface area contributed by atoms with Crippen LogP contribution in [0, 0.1) is 35.4 Å². The number of aliphatic hydroxyl groups excluding tert-OH is 1. The third kappa shape index (κ3) is 3.94. The summed E-state index contributed by atoms with van der Waals surface area (Å²) in [6, 6.07) is 10.5. The SMILES string of the molecule is Cc1c(-c2cc(Sc3ccc(F)cc3C#N)c3c(C#N)cnn3c2)cnn1[C@H]1CC[C@@H](O)CC1. The number of nitriles is 2. The number of rotatable bonds is 4. The highest BCUT2D eigenvalue weighted by atomic mass is 32.2. The summed E-state index contributed by atoms with van der Waals surface area (Å²) in [7, 11) is 0. The molecule has 1 aromatic carbocycles. The molecule has 1 aliphatic carbocycles. The molecule has 1 fully saturated rings. The lowest BCUT2D eigenvalue weighted by molar-refractivity contribution is 0.107. The van der Waals surface area contributed by atoms with Gasteiger partial charge < -0.3 is 5.11 Å². The van der Waals surface area contributed by atoms with E-state index < -0.39 is 5.82 Å². The molecule has 0 radical (unpaired) electrons. The summed E-state index contributed by atoms with van der Waals surface area (Å²) in [5.41, 5.74) is 4.13. The Bertz CT molecular complexity index is 1470. The predicted octanol–water partition coefficient (Wildman–Crippen LogP) is 5.02. The number of fused-ring (bicyclic) bond motifs is 1. The zero-order valence-electron chi connectivity index (χ0n) is 18.4. The number of halogens is 1. The average Bonchev–Trinajstić information content (AvgIpc) is 3.44. The van der Waals surface area contributed by atoms with Gasteiger partial charge >= 0.3 is 0 Å². The topological polar surface area (TPSA) is 103 Å². The Morgan fingerprint density at radius 3 is 2.53 bits per heavy atom. The van der Waals surface area contributed by atoms with E-state index in [0.29, 0.717) is 16.0 Å². The van der Waals surface area contributed by atoms with Gasteiger partial charge in [-0.1, -0.05) is 11.8 Å². The highest BCUT2D eigenvalue weighted by Gasteiger charge is 2.24. The standard InChI is InChI=1S/C25H21FN6OS/c1-15-22(13-30-32(15)20-3-5-21(33)6-4-20)17-9-24(25-18(11-28)12-29-31(25)14-17)34-23-7-2-19(26)8-16(23)10-27/h2,7-9,12-14,20-21,33H,3-6H2,1H3/t20-,21+. The lowest BCUT2D eigenvalue weighted by Crippen LogP contribution is -2.22. The first-order chi connectivity index (χ1) is 16.5. The maximum atomic E-state index is 13.7. The second-order valence-corrected chi connectivity index (χ2v) is 9.54. The van der Waals surface area contributed by atoms with E-state index in [9.17, 15) is 20.0 Å². The van der Waals surface area contributed by atoms with Crippen LogP contribution in [0.5, 0.6) is 0 Å². The van der Waals surface area contributed by atoms with Crippen molar-refractivity contribution in [3.63, 3.8) is 0 Å². The normalized spacial score (nSPS) is 18.0. The third-order valence-electron chi connectivity index (χ3n) is 6.35. The second kappa shape index (κ2) is 8.94. The third-order valence-corrected chi connectivity index (χ3v) is 7.45. The Labute approximate surface area is 200 Å². The van der Waals surface area contributed by atoms with E-state index in [4.69, 9.17) is 0 Å². The number of nitrogens with zero attached hydrogens (tertiary/aromatic N) is 6. The Morgan fingerprint density at radius 1 is 1.03 bits per heavy atom. The fourth-order valence-corrected chi connectivity index (χ4v) is 5.64. The monoisotopic (exact) mass is 472 g/mol. The van der Waals surface area contributed by atoms with E-state index in [0.717, 1.165) is 47.4 Å². The summed E-state index contributed by atoms with van der Waals surface area (Å²) in [5, 5.41) is 38.0. The molecule has 170 valence electrons. The molecule has 1 aliphatic rings. The van der Waals surface area contributed by atoms with Crippen molar-refractivity contribution in [3.05, 3.63) is 65.5 Å². The minimum atomic E-state index is -0.472. The maximum absolute atomic E-state index is 13.7. The van der Waals surface area contributed by atoms with Crippen molar-refractivity contribution in [1.29, 1.82) is 10.5 Å². The zero-order chi connectivity index (χ0) is 23.8. The second-order valence-electron chi connectivity index (χ2n) is 8.46. The minimum Gasteiger partial charge on any atom is -0.393 e. The van der Waals surface area contributed by atoms with Crippen molar-refractivity contribution >= 4 is 17.3 Å². The van der Waals surface area contributed by atoms with Gasteiger partial charge in [0.05, 0.1) is 41.2 Å². The van der Waals surface area contributed by atoms with Crippen molar-refractivity contribution in [2.45, 2.75) is 54.5 Å². The lowest BCUT2D eigenvalue weighted by atomic mass is 9.93. The molecule has 0 atom stereocenters. The van der Waals surface area contributed by atoms with E-state index in [1.165, 1.54) is 30.1 Å². The Balaban J connectivity index is 1.60. The first kappa shape index (κ1) is 22.1. The predicted molar refractivity (Wildman–Crippen MR) is 125 cm³/mol. The van der Waals surface area contributed by atoms with E-state index in [2.05, 4.69) is 16.3 Å². The molecule has 34 heavy (non-hydrogen) atoms. The van der Waals surface area contributed by atoms with E-state index in [-0.39, 0.29) is 17.7 Å². The fraction of sp³-hybridized carbons (Fsp3) is 0.280. The molecule has 7 nitrogen and oxygen atoms in total. The number of hydrogen-bond donors (Lipinski definition) is 1. The van der Waals surface area contributed by atoms with E-state index >= 15 is 0 Å². The molecule has 0 bridgehead atoms. The average molecular weight is 473 g/mol. The van der Waals surface area contributed by atoms with Crippen LogP contribution in [-0.4, -0.2) is 30.6 Å². The maximum Gasteiger partial charge on any atom is 0.124 e. The first-order valence-corrected chi connectivity index (χ1v) is 11.8. The van der Waals surface area contributed by atoms with Crippen molar-refractivity contribution in [1.82, 2.24) is 19.4 Å². The van der Waals surface area contributed by atoms with Crippen LogP contribution >= 0.6 is 11.8 Å². The highest BCUT2D eigenvalue weighted by Crippen LogP contribution is 2.38. The van der Waals surface area contributed by atoms with Crippen LogP contribution in [-0.2, 0) is 0 Å². The van der Waals surface area contributed by atoms with Crippen LogP contribution in [0.15, 0.2) is 52.6 Å². The van der Waals surface area contributed by atoms with Gasteiger partial charge in [0.1, 0.15) is 18.0 Å². The summed E-state index contributed by atoms with van der Waals surface area (Å²) in [4.78, 5) is 1.34. The molecule has 4 aromatic rings. The lowest BCUT2D eigenvalue weighted by Gasteiger charge is -2.26. The van der Waals surface area contributed by atoms with E-state index in [1.807, 2.05) is 36.1 Å². The van der Waals surface area contributed by atoms with Crippen molar-refractivity contribution in [2.24, 2.45) is 0 Å². The number of aromatic nitrogens is 4. The molecule has 0 saturated heterocycles. The number of aliphatic hydroxyl groups is 1. The molecule has 3 aromatic heterocycles. The van der Waals surface area contributed by atoms with Crippen LogP contribution in [0.3, 0.4) is 0 Å². The summed E-state index contributed by atoms with van der Waals surface area (Å²) in [6.45, 7) is 2.03. The van der Waals surface area contributed by atoms with Gasteiger partial charge in [-0.15, -0.1) is 0 Å². The molecule has 1 N–H and O–H groups in total. The minimum absolute atomic E-state index is 0.229. The Kier molecular flexibility index (Phi) is 5.82. The summed E-state index contributed by atoms with van der Waals surface area (Å²) < 4.78 is 17.4. The van der Waals surface area contributed by atoms with Crippen LogP contribution < -0.4 is 0 Å². The Morgan fingerprint density at radius 2 is 1.79 bits per heavy atom. The van der Waals surface area contributed by atoms with Gasteiger partial charge in [0.25, 0.3) is 0 Å². The molecule has 0 aliphatic heterocycles. The zero-order valence-corrected chi connectivity index (χ0v) is 19.3. The molecular formula is C25H21FN6OS. The molecular weight excluding hydrogens is 451 g/mol. The molecule has 1 saturated carbocycles. The largest absolute Gasteiger partial charge is 0.393 e. The van der Waals surface area contributed by atoms with Gasteiger partial charge in [0.15, 0.2) is 0 Å². The van der Waals surface area contributed by atoms with Gasteiger partial charge in [-0.2, -0.15) is 20.7 Å². The van der Waals surface area contributed by atoms with Crippen molar-refractivity contribution < 1.29 is 9.50 Å². The number of benzene rings is 1. The quantitative estimate of drug-likeness (QED) is 0.448. The van der Waals surface area contributed by atoms with Crippen molar-refractivity contribution in [3.8, 4) is 23.3 Å². The molecule has 3 heterocycles. The number of hydrogen-bond acceptors (Lipinski definition) is 6. The molecule has 5 rings (SSSR count). The van der Waals surface area contributed by atoms with Gasteiger partial charge in [-0.3, -0.25) is 4.68 Å². The fourth-order valence-electron chi connectivity index (χ4n) is 4.57. The van der Waals surface area contributed by atoms with Gasteiger partial charge in [-0.25, -0.2) is 8.91 Å². The van der Waals surface area contributed by atoms with Crippen LogP contribution in [0.2, 0.25) is 0 Å².